The Bertz CT molecular complexity index is 575. The van der Waals surface area contributed by atoms with Crippen LogP contribution in [-0.4, -0.2) is 34.3 Å². The van der Waals surface area contributed by atoms with E-state index in [9.17, 15) is 0 Å². The lowest BCUT2D eigenvalue weighted by atomic mass is 10.1. The van der Waals surface area contributed by atoms with Gasteiger partial charge in [-0.15, -0.1) is 0 Å². The zero-order valence-electron chi connectivity index (χ0n) is 11.6. The summed E-state index contributed by atoms with van der Waals surface area (Å²) in [5, 5.41) is 0. The van der Waals surface area contributed by atoms with Crippen molar-refractivity contribution in [1.82, 2.24) is 8.10 Å². The van der Waals surface area contributed by atoms with Crippen LogP contribution in [0.4, 0.5) is 5.69 Å². The average molecular weight is 379 g/mol. The van der Waals surface area contributed by atoms with Gasteiger partial charge in [-0.25, -0.2) is 3.11 Å². The first-order valence-corrected chi connectivity index (χ1v) is 7.86. The lowest BCUT2D eigenvalue weighted by Crippen LogP contribution is -2.42. The Morgan fingerprint density at radius 2 is 1.65 bits per heavy atom. The molecule has 0 spiro atoms. The Morgan fingerprint density at radius 3 is 2.30 bits per heavy atom. The highest BCUT2D eigenvalue weighted by Gasteiger charge is 2.14. The van der Waals surface area contributed by atoms with Gasteiger partial charge in [-0.3, -0.25) is 4.98 Å². The Hall–Kier alpha value is -1.14. The molecule has 1 aliphatic heterocycles. The largest absolute Gasteiger partial charge is 0.369 e. The Kier molecular flexibility index (Phi) is 4.21. The van der Waals surface area contributed by atoms with Crippen LogP contribution in [0.3, 0.4) is 0 Å². The van der Waals surface area contributed by atoms with Gasteiger partial charge >= 0.3 is 0 Å². The van der Waals surface area contributed by atoms with Crippen molar-refractivity contribution in [2.24, 2.45) is 0 Å². The molecule has 1 aromatic heterocycles. The smallest absolute Gasteiger partial charge is 0.0367 e. The molecule has 1 aromatic carbocycles. The van der Waals surface area contributed by atoms with E-state index in [1.54, 1.807) is 0 Å². The lowest BCUT2D eigenvalue weighted by Gasteiger charge is -2.33. The van der Waals surface area contributed by atoms with Crippen LogP contribution < -0.4 is 4.90 Å². The normalized spacial score (nSPS) is 16.4. The summed E-state index contributed by atoms with van der Waals surface area (Å²) in [5.41, 5.74) is 4.94. The van der Waals surface area contributed by atoms with E-state index in [0.717, 1.165) is 26.2 Å². The SMILES string of the molecule is Cc1cncc(-c2ccc(N3CCN(I)CC3)cc2)c1. The molecular weight excluding hydrogens is 361 g/mol. The van der Waals surface area contributed by atoms with E-state index >= 15 is 0 Å². The zero-order valence-corrected chi connectivity index (χ0v) is 13.7. The van der Waals surface area contributed by atoms with E-state index in [2.05, 4.69) is 73.1 Å². The zero-order chi connectivity index (χ0) is 13.9. The number of halogens is 1. The summed E-state index contributed by atoms with van der Waals surface area (Å²) < 4.78 is 2.35. The molecule has 104 valence electrons. The summed E-state index contributed by atoms with van der Waals surface area (Å²) in [6.07, 6.45) is 3.82. The minimum absolute atomic E-state index is 1.11. The van der Waals surface area contributed by atoms with Gasteiger partial charge in [0.1, 0.15) is 0 Å². The van der Waals surface area contributed by atoms with Crippen LogP contribution in [0.15, 0.2) is 42.7 Å². The Labute approximate surface area is 134 Å². The number of aromatic nitrogens is 1. The molecule has 0 amide bonds. The third-order valence-corrected chi connectivity index (χ3v) is 4.63. The van der Waals surface area contributed by atoms with Crippen LogP contribution in [0.5, 0.6) is 0 Å². The first-order valence-electron chi connectivity index (χ1n) is 6.90. The summed E-state index contributed by atoms with van der Waals surface area (Å²) in [4.78, 5) is 6.72. The van der Waals surface area contributed by atoms with Crippen molar-refractivity contribution < 1.29 is 0 Å². The molecule has 1 saturated heterocycles. The van der Waals surface area contributed by atoms with Gasteiger partial charge in [0.05, 0.1) is 0 Å². The molecule has 0 bridgehead atoms. The predicted octanol–water partition coefficient (Wildman–Crippen LogP) is 3.53. The number of piperazine rings is 1. The number of hydrogen-bond acceptors (Lipinski definition) is 3. The number of anilines is 1. The maximum absolute atomic E-state index is 4.26. The second-order valence-electron chi connectivity index (χ2n) is 5.19. The molecule has 0 radical (unpaired) electrons. The fraction of sp³-hybridized carbons (Fsp3) is 0.312. The third-order valence-electron chi connectivity index (χ3n) is 3.67. The average Bonchev–Trinajstić information content (AvgIpc) is 2.48. The molecule has 0 aliphatic carbocycles. The first-order chi connectivity index (χ1) is 9.72. The highest BCUT2D eigenvalue weighted by atomic mass is 127. The molecule has 2 heterocycles. The topological polar surface area (TPSA) is 19.4 Å². The van der Waals surface area contributed by atoms with Gasteiger partial charge in [0, 0.05) is 72.7 Å². The molecule has 0 unspecified atom stereocenters. The number of hydrogen-bond donors (Lipinski definition) is 0. The quantitative estimate of drug-likeness (QED) is 0.588. The summed E-state index contributed by atoms with van der Waals surface area (Å²) >= 11 is 2.40. The molecule has 0 saturated carbocycles. The minimum atomic E-state index is 1.11. The van der Waals surface area contributed by atoms with E-state index in [-0.39, 0.29) is 0 Å². The molecule has 1 fully saturated rings. The van der Waals surface area contributed by atoms with Gasteiger partial charge in [-0.05, 0) is 36.2 Å². The number of nitrogens with zero attached hydrogens (tertiary/aromatic N) is 3. The molecule has 1 aliphatic rings. The van der Waals surface area contributed by atoms with Crippen molar-refractivity contribution in [1.29, 1.82) is 0 Å². The summed E-state index contributed by atoms with van der Waals surface area (Å²) in [7, 11) is 0. The fourth-order valence-corrected chi connectivity index (χ4v) is 2.95. The van der Waals surface area contributed by atoms with E-state index < -0.39 is 0 Å². The van der Waals surface area contributed by atoms with Crippen LogP contribution in [0.2, 0.25) is 0 Å². The van der Waals surface area contributed by atoms with Crippen molar-refractivity contribution in [2.45, 2.75) is 6.92 Å². The van der Waals surface area contributed by atoms with Gasteiger partial charge in [0.15, 0.2) is 0 Å². The van der Waals surface area contributed by atoms with Crippen molar-refractivity contribution in [3.8, 4) is 11.1 Å². The number of pyridine rings is 1. The maximum atomic E-state index is 4.26. The van der Waals surface area contributed by atoms with Gasteiger partial charge in [0.25, 0.3) is 0 Å². The highest BCUT2D eigenvalue weighted by molar-refractivity contribution is 14.1. The van der Waals surface area contributed by atoms with Crippen molar-refractivity contribution in [3.05, 3.63) is 48.3 Å². The number of rotatable bonds is 2. The van der Waals surface area contributed by atoms with E-state index in [1.165, 1.54) is 22.4 Å². The van der Waals surface area contributed by atoms with E-state index in [4.69, 9.17) is 0 Å². The minimum Gasteiger partial charge on any atom is -0.369 e. The highest BCUT2D eigenvalue weighted by Crippen LogP contribution is 2.24. The van der Waals surface area contributed by atoms with Crippen molar-refractivity contribution in [2.75, 3.05) is 31.1 Å². The summed E-state index contributed by atoms with van der Waals surface area (Å²) in [6, 6.07) is 11.0. The van der Waals surface area contributed by atoms with Gasteiger partial charge in [-0.1, -0.05) is 12.1 Å². The van der Waals surface area contributed by atoms with Crippen molar-refractivity contribution >= 4 is 28.6 Å². The number of benzene rings is 1. The molecule has 3 rings (SSSR count). The van der Waals surface area contributed by atoms with Crippen LogP contribution >= 0.6 is 22.9 Å². The number of aryl methyl sites for hydroxylation is 1. The standard InChI is InChI=1S/C16H18IN3/c1-13-10-15(12-18-11-13)14-2-4-16(5-3-14)19-6-8-20(17)9-7-19/h2-5,10-12H,6-9H2,1H3. The van der Waals surface area contributed by atoms with Gasteiger partial charge in [-0.2, -0.15) is 0 Å². The second kappa shape index (κ2) is 6.10. The van der Waals surface area contributed by atoms with E-state index in [1.807, 2.05) is 12.4 Å². The Morgan fingerprint density at radius 1 is 0.950 bits per heavy atom. The Balaban J connectivity index is 1.78. The molecule has 2 aromatic rings. The van der Waals surface area contributed by atoms with Crippen LogP contribution in [0, 0.1) is 6.92 Å². The van der Waals surface area contributed by atoms with Crippen LogP contribution in [0.1, 0.15) is 5.56 Å². The monoisotopic (exact) mass is 379 g/mol. The van der Waals surface area contributed by atoms with Gasteiger partial charge in [0.2, 0.25) is 0 Å². The van der Waals surface area contributed by atoms with Gasteiger partial charge < -0.3 is 4.90 Å². The van der Waals surface area contributed by atoms with E-state index in [0.29, 0.717) is 0 Å². The van der Waals surface area contributed by atoms with Crippen LogP contribution in [-0.2, 0) is 0 Å². The second-order valence-corrected chi connectivity index (χ2v) is 6.56. The molecular formula is C16H18IN3. The first kappa shape index (κ1) is 13.8. The van der Waals surface area contributed by atoms with Crippen molar-refractivity contribution in [3.63, 3.8) is 0 Å². The maximum Gasteiger partial charge on any atom is 0.0367 e. The molecule has 4 heteroatoms. The van der Waals surface area contributed by atoms with Crippen LogP contribution in [0.25, 0.3) is 11.1 Å². The lowest BCUT2D eigenvalue weighted by molar-refractivity contribution is 0.460. The predicted molar refractivity (Wildman–Crippen MR) is 92.2 cm³/mol. The summed E-state index contributed by atoms with van der Waals surface area (Å²) in [6.45, 7) is 6.55. The third kappa shape index (κ3) is 3.12. The molecule has 0 atom stereocenters. The fourth-order valence-electron chi connectivity index (χ4n) is 2.52. The molecule has 0 N–H and O–H groups in total. The molecule has 3 nitrogen and oxygen atoms in total. The summed E-state index contributed by atoms with van der Waals surface area (Å²) in [5.74, 6) is 0. The molecule has 20 heavy (non-hydrogen) atoms.